The number of carboxylic acids is 1. The first-order valence-electron chi connectivity index (χ1n) is 12.9. The first kappa shape index (κ1) is 30.7. The topological polar surface area (TPSA) is 139 Å². The molecule has 0 saturated carbocycles. The quantitative estimate of drug-likeness (QED) is 0.162. The fourth-order valence-electron chi connectivity index (χ4n) is 4.71. The second-order valence-electron chi connectivity index (χ2n) is 9.47. The Morgan fingerprint density at radius 1 is 1.26 bits per heavy atom. The maximum Gasteiger partial charge on any atom is 0.338 e. The number of pyridine rings is 1. The van der Waals surface area contributed by atoms with Crippen LogP contribution in [0.1, 0.15) is 49.9 Å². The summed E-state index contributed by atoms with van der Waals surface area (Å²) in [5.74, 6) is -7.14. The first-order chi connectivity index (χ1) is 20.0. The highest BCUT2D eigenvalue weighted by Gasteiger charge is 2.38. The Morgan fingerprint density at radius 3 is 2.71 bits per heavy atom. The number of aromatic nitrogens is 1. The molecule has 2 aliphatic rings. The molecule has 14 heteroatoms. The molecule has 222 valence electrons. The number of nitrogens with zero attached hydrogens (tertiary/aromatic N) is 3. The molecule has 0 bridgehead atoms. The Labute approximate surface area is 242 Å². The summed E-state index contributed by atoms with van der Waals surface area (Å²) in [7, 11) is 0. The van der Waals surface area contributed by atoms with Gasteiger partial charge in [-0.3, -0.25) is 14.8 Å². The van der Waals surface area contributed by atoms with Crippen molar-refractivity contribution in [2.24, 2.45) is 21.6 Å². The molecule has 42 heavy (non-hydrogen) atoms. The van der Waals surface area contributed by atoms with Gasteiger partial charge in [0.15, 0.2) is 23.3 Å². The van der Waals surface area contributed by atoms with Crippen LogP contribution >= 0.6 is 11.6 Å². The Morgan fingerprint density at radius 2 is 2.02 bits per heavy atom. The van der Waals surface area contributed by atoms with Crippen LogP contribution in [0.25, 0.3) is 0 Å². The van der Waals surface area contributed by atoms with Gasteiger partial charge in [-0.15, -0.1) is 0 Å². The molecule has 4 rings (SSSR count). The smallest absolute Gasteiger partial charge is 0.338 e. The summed E-state index contributed by atoms with van der Waals surface area (Å²) >= 11 is 6.19. The van der Waals surface area contributed by atoms with Crippen LogP contribution in [-0.4, -0.2) is 47.2 Å². The molecule has 0 radical (unpaired) electrons. The third-order valence-corrected chi connectivity index (χ3v) is 7.10. The maximum absolute atomic E-state index is 14.9. The number of carbonyl (C=O) groups excluding carboxylic acids is 1. The number of aliphatic imine (C=N–C) groups is 2. The van der Waals surface area contributed by atoms with E-state index in [9.17, 15) is 27.2 Å². The van der Waals surface area contributed by atoms with Crippen LogP contribution in [0.2, 0.25) is 5.02 Å². The summed E-state index contributed by atoms with van der Waals surface area (Å²) < 4.78 is 62.5. The van der Waals surface area contributed by atoms with Gasteiger partial charge in [-0.2, -0.15) is 0 Å². The lowest BCUT2D eigenvalue weighted by Gasteiger charge is -2.34. The van der Waals surface area contributed by atoms with E-state index in [-0.39, 0.29) is 54.4 Å². The Balaban J connectivity index is 1.87. The highest BCUT2D eigenvalue weighted by atomic mass is 35.5. The van der Waals surface area contributed by atoms with Gasteiger partial charge in [0.05, 0.1) is 29.8 Å². The van der Waals surface area contributed by atoms with Gasteiger partial charge in [0.25, 0.3) is 0 Å². The van der Waals surface area contributed by atoms with E-state index >= 15 is 0 Å². The number of hydrogen-bond donors (Lipinski definition) is 3. The van der Waals surface area contributed by atoms with Gasteiger partial charge in [0.2, 0.25) is 0 Å². The number of halogens is 5. The van der Waals surface area contributed by atoms with Crippen molar-refractivity contribution in [3.05, 3.63) is 86.5 Å². The zero-order chi connectivity index (χ0) is 30.6. The van der Waals surface area contributed by atoms with E-state index in [1.807, 2.05) is 0 Å². The number of esters is 1. The minimum absolute atomic E-state index is 0.0226. The van der Waals surface area contributed by atoms with Crippen molar-refractivity contribution in [3.8, 4) is 0 Å². The molecule has 0 fully saturated rings. The van der Waals surface area contributed by atoms with Crippen LogP contribution in [0, 0.1) is 29.2 Å². The van der Waals surface area contributed by atoms with Crippen molar-refractivity contribution in [1.29, 1.82) is 0 Å². The SMILES string of the molecule is CCOC(=O)C1=C(C2CCC(N)=C(C=NCCC(=O)O)C2)NC(c2ncc(F)cc2F)=NC1c1ccc(F)c(F)c1Cl. The molecule has 1 aromatic carbocycles. The lowest BCUT2D eigenvalue weighted by molar-refractivity contribution is -0.139. The van der Waals surface area contributed by atoms with Crippen LogP contribution in [0.5, 0.6) is 0 Å². The second-order valence-corrected chi connectivity index (χ2v) is 9.85. The fourth-order valence-corrected chi connectivity index (χ4v) is 4.97. The Bertz CT molecular complexity index is 1540. The summed E-state index contributed by atoms with van der Waals surface area (Å²) in [6, 6.07) is 1.19. The minimum atomic E-state index is -1.39. The molecule has 0 amide bonds. The van der Waals surface area contributed by atoms with E-state index in [0.29, 0.717) is 30.2 Å². The number of carbonyl (C=O) groups is 2. The molecule has 1 aliphatic carbocycles. The molecular formula is C28H26ClF4N5O4. The molecular weight excluding hydrogens is 582 g/mol. The molecule has 1 aliphatic heterocycles. The summed E-state index contributed by atoms with van der Waals surface area (Å²) in [4.78, 5) is 36.6. The van der Waals surface area contributed by atoms with E-state index in [1.54, 1.807) is 6.92 Å². The largest absolute Gasteiger partial charge is 0.481 e. The zero-order valence-electron chi connectivity index (χ0n) is 22.3. The lowest BCUT2D eigenvalue weighted by Crippen LogP contribution is -2.39. The highest BCUT2D eigenvalue weighted by molar-refractivity contribution is 6.31. The molecule has 2 heterocycles. The van der Waals surface area contributed by atoms with Crippen LogP contribution in [-0.2, 0) is 14.3 Å². The minimum Gasteiger partial charge on any atom is -0.481 e. The van der Waals surface area contributed by atoms with Gasteiger partial charge < -0.3 is 20.9 Å². The number of nitrogens with one attached hydrogen (secondary N) is 1. The third-order valence-electron chi connectivity index (χ3n) is 6.71. The highest BCUT2D eigenvalue weighted by Crippen LogP contribution is 2.42. The van der Waals surface area contributed by atoms with Crippen molar-refractivity contribution >= 4 is 35.6 Å². The molecule has 2 aromatic rings. The van der Waals surface area contributed by atoms with Crippen molar-refractivity contribution in [2.75, 3.05) is 13.2 Å². The van der Waals surface area contributed by atoms with Crippen LogP contribution in [0.15, 0.2) is 56.9 Å². The summed E-state index contributed by atoms with van der Waals surface area (Å²) in [5, 5.41) is 11.2. The number of allylic oxidation sites excluding steroid dienone is 3. The van der Waals surface area contributed by atoms with Gasteiger partial charge in [-0.1, -0.05) is 17.7 Å². The van der Waals surface area contributed by atoms with E-state index < -0.39 is 52.2 Å². The first-order valence-corrected chi connectivity index (χ1v) is 13.3. The molecule has 9 nitrogen and oxygen atoms in total. The monoisotopic (exact) mass is 607 g/mol. The molecule has 1 aromatic heterocycles. The van der Waals surface area contributed by atoms with Gasteiger partial charge in [0.1, 0.15) is 17.6 Å². The number of nitrogens with two attached hydrogens (primary N) is 1. The number of aliphatic carboxylic acids is 1. The zero-order valence-corrected chi connectivity index (χ0v) is 23.0. The van der Waals surface area contributed by atoms with Crippen LogP contribution in [0.4, 0.5) is 17.6 Å². The van der Waals surface area contributed by atoms with Gasteiger partial charge in [-0.05, 0) is 37.8 Å². The molecule has 2 unspecified atom stereocenters. The molecule has 0 spiro atoms. The van der Waals surface area contributed by atoms with E-state index in [0.717, 1.165) is 18.3 Å². The number of rotatable bonds is 9. The average Bonchev–Trinajstić information content (AvgIpc) is 2.94. The van der Waals surface area contributed by atoms with Gasteiger partial charge in [-0.25, -0.2) is 27.3 Å². The van der Waals surface area contributed by atoms with E-state index in [4.69, 9.17) is 27.2 Å². The number of amidine groups is 1. The number of benzene rings is 1. The van der Waals surface area contributed by atoms with Crippen LogP contribution in [0.3, 0.4) is 0 Å². The van der Waals surface area contributed by atoms with Crippen molar-refractivity contribution < 1.29 is 37.0 Å². The number of hydrogen-bond acceptors (Lipinski definition) is 8. The summed E-state index contributed by atoms with van der Waals surface area (Å²) in [6.45, 7) is 1.57. The maximum atomic E-state index is 14.9. The normalized spacial score (nSPS) is 19.1. The van der Waals surface area contributed by atoms with Crippen molar-refractivity contribution in [2.45, 2.75) is 38.6 Å². The average molecular weight is 608 g/mol. The van der Waals surface area contributed by atoms with Gasteiger partial charge >= 0.3 is 11.9 Å². The standard InChI is InChI=1S/C28H26ClF4N5O4/c1-2-42-28(41)21-24(13-3-6-19(34)14(9-13)11-35-8-7-20(39)40)37-27(26-18(32)10-15(30)12-36-26)38-25(21)16-4-5-17(31)23(33)22(16)29/h4-5,10-13,25H,2-3,6-9,34H2,1H3,(H,37,38)(H,39,40). The predicted octanol–water partition coefficient (Wildman–Crippen LogP) is 4.76. The number of carboxylic acid groups (broad SMARTS) is 1. The van der Waals surface area contributed by atoms with E-state index in [2.05, 4.69) is 20.3 Å². The number of ether oxygens (including phenoxy) is 1. The molecule has 2 atom stereocenters. The van der Waals surface area contributed by atoms with E-state index in [1.165, 1.54) is 6.21 Å². The van der Waals surface area contributed by atoms with Crippen LogP contribution < -0.4 is 11.1 Å². The fraction of sp³-hybridized carbons (Fsp3) is 0.321. The Hall–Kier alpha value is -4.26. The van der Waals surface area contributed by atoms with Crippen molar-refractivity contribution in [3.63, 3.8) is 0 Å². The lowest BCUT2D eigenvalue weighted by atomic mass is 9.81. The molecule has 4 N–H and O–H groups in total. The molecule has 0 saturated heterocycles. The predicted molar refractivity (Wildman–Crippen MR) is 146 cm³/mol. The summed E-state index contributed by atoms with van der Waals surface area (Å²) in [5.41, 5.74) is 6.97. The third kappa shape index (κ3) is 6.62. The van der Waals surface area contributed by atoms with Crippen molar-refractivity contribution in [1.82, 2.24) is 10.3 Å². The summed E-state index contributed by atoms with van der Waals surface area (Å²) in [6.07, 6.45) is 3.05. The van der Waals surface area contributed by atoms with Gasteiger partial charge in [0, 0.05) is 41.7 Å². The Kier molecular flexibility index (Phi) is 9.61. The second kappa shape index (κ2) is 13.1.